The summed E-state index contributed by atoms with van der Waals surface area (Å²) in [5.41, 5.74) is 22.6. The molecule has 0 saturated heterocycles. The minimum Gasteiger partial charge on any atom is -0.330 e. The summed E-state index contributed by atoms with van der Waals surface area (Å²) in [6.45, 7) is 3.34. The summed E-state index contributed by atoms with van der Waals surface area (Å²) in [7, 11) is 0.344. The molecule has 0 aliphatic rings. The molecule has 0 saturated carbocycles. The lowest BCUT2D eigenvalue weighted by Crippen LogP contribution is -2.09. The zero-order chi connectivity index (χ0) is 15.8. The van der Waals surface area contributed by atoms with Gasteiger partial charge in [-0.15, -0.1) is 15.8 Å². The molecule has 0 radical (unpaired) electrons. The van der Waals surface area contributed by atoms with E-state index >= 15 is 0 Å². The lowest BCUT2D eigenvalue weighted by molar-refractivity contribution is 0.898. The monoisotopic (exact) mass is 336 g/mol. The van der Waals surface area contributed by atoms with E-state index < -0.39 is 0 Å². The van der Waals surface area contributed by atoms with Crippen molar-refractivity contribution in [1.82, 2.24) is 0 Å². The van der Waals surface area contributed by atoms with Gasteiger partial charge in [0.25, 0.3) is 0 Å². The van der Waals surface area contributed by atoms with E-state index in [1.165, 1.54) is 69.1 Å². The molecule has 0 aliphatic heterocycles. The SMILES string of the molecule is NCCCP(CCCN)CCCP(CCCN)CCCN. The third kappa shape index (κ3) is 14.0. The second kappa shape index (κ2) is 17.1. The van der Waals surface area contributed by atoms with Gasteiger partial charge in [-0.25, -0.2) is 0 Å². The Morgan fingerprint density at radius 3 is 0.857 bits per heavy atom. The predicted octanol–water partition coefficient (Wildman–Crippen LogP) is 1.74. The van der Waals surface area contributed by atoms with Gasteiger partial charge in [0, 0.05) is 0 Å². The van der Waals surface area contributed by atoms with E-state index in [1.54, 1.807) is 0 Å². The van der Waals surface area contributed by atoms with Crippen LogP contribution in [0.25, 0.3) is 0 Å². The molecule has 0 aromatic carbocycles. The van der Waals surface area contributed by atoms with Crippen LogP contribution in [0.2, 0.25) is 0 Å². The van der Waals surface area contributed by atoms with Gasteiger partial charge in [0.2, 0.25) is 0 Å². The molecule has 21 heavy (non-hydrogen) atoms. The lowest BCUT2D eigenvalue weighted by Gasteiger charge is -2.21. The van der Waals surface area contributed by atoms with Crippen LogP contribution < -0.4 is 22.9 Å². The fourth-order valence-corrected chi connectivity index (χ4v) is 7.77. The number of nitrogens with two attached hydrogens (primary N) is 4. The van der Waals surface area contributed by atoms with Crippen molar-refractivity contribution in [2.45, 2.75) is 32.1 Å². The van der Waals surface area contributed by atoms with Gasteiger partial charge >= 0.3 is 0 Å². The highest BCUT2D eigenvalue weighted by Crippen LogP contribution is 2.42. The molecule has 0 aliphatic carbocycles. The molecule has 0 heterocycles. The largest absolute Gasteiger partial charge is 0.330 e. The molecule has 0 amide bonds. The molecular weight excluding hydrogens is 298 g/mol. The van der Waals surface area contributed by atoms with Gasteiger partial charge in [-0.1, -0.05) is 0 Å². The first-order chi connectivity index (χ1) is 10.3. The van der Waals surface area contributed by atoms with Gasteiger partial charge in [0.15, 0.2) is 0 Å². The standard InChI is InChI=1S/C15H38N4P2/c16-6-1-10-20(11-2-7-17)14-5-15-21(12-3-8-18)13-4-9-19/h1-19H2. The molecule has 0 atom stereocenters. The zero-order valence-electron chi connectivity index (χ0n) is 13.8. The van der Waals surface area contributed by atoms with Crippen molar-refractivity contribution in [2.75, 3.05) is 63.2 Å². The Morgan fingerprint density at radius 1 is 0.381 bits per heavy atom. The van der Waals surface area contributed by atoms with Crippen molar-refractivity contribution >= 4 is 15.8 Å². The molecule has 0 spiro atoms. The Balaban J connectivity index is 3.96. The van der Waals surface area contributed by atoms with Crippen LogP contribution in [0.4, 0.5) is 0 Å². The van der Waals surface area contributed by atoms with E-state index in [1.807, 2.05) is 0 Å². The fraction of sp³-hybridized carbons (Fsp3) is 1.00. The minimum atomic E-state index is 0.172. The first kappa shape index (κ1) is 21.7. The third-order valence-electron chi connectivity index (χ3n) is 3.66. The molecule has 128 valence electrons. The highest BCUT2D eigenvalue weighted by atomic mass is 31.1. The normalized spacial score (nSPS) is 11.7. The molecule has 4 nitrogen and oxygen atoms in total. The van der Waals surface area contributed by atoms with Crippen molar-refractivity contribution in [3.05, 3.63) is 0 Å². The van der Waals surface area contributed by atoms with Crippen LogP contribution in [-0.2, 0) is 0 Å². The second-order valence-electron chi connectivity index (χ2n) is 5.61. The van der Waals surface area contributed by atoms with Crippen molar-refractivity contribution in [2.24, 2.45) is 22.9 Å². The van der Waals surface area contributed by atoms with E-state index in [-0.39, 0.29) is 15.8 Å². The van der Waals surface area contributed by atoms with Crippen LogP contribution in [0, 0.1) is 0 Å². The molecule has 8 N–H and O–H groups in total. The van der Waals surface area contributed by atoms with Gasteiger partial charge in [-0.3, -0.25) is 0 Å². The highest BCUT2D eigenvalue weighted by Gasteiger charge is 2.10. The second-order valence-corrected chi connectivity index (χ2v) is 11.0. The molecule has 0 rings (SSSR count). The quantitative estimate of drug-likeness (QED) is 0.322. The number of hydrogen-bond donors (Lipinski definition) is 4. The first-order valence-electron chi connectivity index (χ1n) is 8.53. The zero-order valence-corrected chi connectivity index (χ0v) is 15.6. The van der Waals surface area contributed by atoms with Crippen LogP contribution in [-0.4, -0.2) is 63.2 Å². The first-order valence-corrected chi connectivity index (χ1v) is 12.3. The van der Waals surface area contributed by atoms with Crippen molar-refractivity contribution in [1.29, 1.82) is 0 Å². The summed E-state index contributed by atoms with van der Waals surface area (Å²) in [5, 5.41) is 0. The smallest absolute Gasteiger partial charge is 0.00739 e. The van der Waals surface area contributed by atoms with Crippen LogP contribution >= 0.6 is 15.8 Å². The Bertz CT molecular complexity index is 172. The highest BCUT2D eigenvalue weighted by molar-refractivity contribution is 7.58. The van der Waals surface area contributed by atoms with Crippen molar-refractivity contribution in [3.8, 4) is 0 Å². The van der Waals surface area contributed by atoms with E-state index in [4.69, 9.17) is 22.9 Å². The predicted molar refractivity (Wildman–Crippen MR) is 102 cm³/mol. The average molecular weight is 336 g/mol. The van der Waals surface area contributed by atoms with Crippen LogP contribution in [0.3, 0.4) is 0 Å². The summed E-state index contributed by atoms with van der Waals surface area (Å²) >= 11 is 0. The fourth-order valence-electron chi connectivity index (χ4n) is 2.45. The molecule has 6 heteroatoms. The maximum atomic E-state index is 5.66. The molecule has 0 fully saturated rings. The summed E-state index contributed by atoms with van der Waals surface area (Å²) in [4.78, 5) is 0. The number of rotatable bonds is 16. The number of hydrogen-bond acceptors (Lipinski definition) is 4. The van der Waals surface area contributed by atoms with Crippen LogP contribution in [0.15, 0.2) is 0 Å². The third-order valence-corrected chi connectivity index (χ3v) is 9.35. The van der Waals surface area contributed by atoms with Crippen LogP contribution in [0.1, 0.15) is 32.1 Å². The van der Waals surface area contributed by atoms with Gasteiger partial charge in [0.05, 0.1) is 0 Å². The molecule has 0 unspecified atom stereocenters. The average Bonchev–Trinajstić information content (AvgIpc) is 2.51. The molecule has 0 bridgehead atoms. The van der Waals surface area contributed by atoms with E-state index in [9.17, 15) is 0 Å². The summed E-state index contributed by atoms with van der Waals surface area (Å²) < 4.78 is 0. The Kier molecular flexibility index (Phi) is 17.6. The van der Waals surface area contributed by atoms with E-state index in [0.29, 0.717) is 0 Å². The molecule has 0 aromatic rings. The summed E-state index contributed by atoms with van der Waals surface area (Å²) in [6.07, 6.45) is 14.3. The van der Waals surface area contributed by atoms with Crippen LogP contribution in [0.5, 0.6) is 0 Å². The lowest BCUT2D eigenvalue weighted by atomic mass is 10.5. The van der Waals surface area contributed by atoms with Crippen molar-refractivity contribution in [3.63, 3.8) is 0 Å². The molecule has 0 aromatic heterocycles. The van der Waals surface area contributed by atoms with Gasteiger partial charge in [-0.2, -0.15) is 0 Å². The minimum absolute atomic E-state index is 0.172. The van der Waals surface area contributed by atoms with E-state index in [0.717, 1.165) is 26.2 Å². The van der Waals surface area contributed by atoms with E-state index in [2.05, 4.69) is 0 Å². The van der Waals surface area contributed by atoms with Gasteiger partial charge < -0.3 is 22.9 Å². The van der Waals surface area contributed by atoms with Gasteiger partial charge in [0.1, 0.15) is 0 Å². The van der Waals surface area contributed by atoms with Gasteiger partial charge in [-0.05, 0) is 95.3 Å². The summed E-state index contributed by atoms with van der Waals surface area (Å²) in [5.74, 6) is 0. The van der Waals surface area contributed by atoms with Crippen molar-refractivity contribution < 1.29 is 0 Å². The Labute approximate surface area is 134 Å². The maximum absolute atomic E-state index is 5.66. The maximum Gasteiger partial charge on any atom is -0.00739 e. The Hall–Kier alpha value is 0.700. The topological polar surface area (TPSA) is 104 Å². The Morgan fingerprint density at radius 2 is 0.619 bits per heavy atom. The molecular formula is C15H38N4P2. The summed E-state index contributed by atoms with van der Waals surface area (Å²) in [6, 6.07) is 0.